The second-order valence-corrected chi connectivity index (χ2v) is 6.20. The van der Waals surface area contributed by atoms with Crippen molar-refractivity contribution in [3.8, 4) is 6.07 Å². The summed E-state index contributed by atoms with van der Waals surface area (Å²) in [6.07, 6.45) is 0. The average Bonchev–Trinajstić information content (AvgIpc) is 2.53. The number of hydrogen-bond acceptors (Lipinski definition) is 5. The van der Waals surface area contributed by atoms with Crippen LogP contribution in [0, 0.1) is 17.2 Å². The molecule has 0 saturated carbocycles. The van der Waals surface area contributed by atoms with Crippen LogP contribution in [-0.4, -0.2) is 34.5 Å². The van der Waals surface area contributed by atoms with Gasteiger partial charge in [0.1, 0.15) is 6.04 Å². The molecular weight excluding hydrogens is 320 g/mol. The molecule has 1 rings (SSSR count). The van der Waals surface area contributed by atoms with Crippen LogP contribution in [0.5, 0.6) is 0 Å². The maximum atomic E-state index is 11.7. The monoisotopic (exact) mass is 338 g/mol. The summed E-state index contributed by atoms with van der Waals surface area (Å²) < 4.78 is 0. The lowest BCUT2D eigenvalue weighted by atomic mass is 10.2. The summed E-state index contributed by atoms with van der Waals surface area (Å²) in [6, 6.07) is 8.24. The van der Waals surface area contributed by atoms with Gasteiger partial charge < -0.3 is 10.4 Å². The number of carboxylic acids is 1. The van der Waals surface area contributed by atoms with Gasteiger partial charge in [0.2, 0.25) is 5.91 Å². The molecule has 5 nitrogen and oxygen atoms in total. The average molecular weight is 338 g/mol. The number of rotatable bonds is 8. The summed E-state index contributed by atoms with van der Waals surface area (Å²) in [7, 11) is 0. The van der Waals surface area contributed by atoms with Gasteiger partial charge in [-0.05, 0) is 17.7 Å². The zero-order chi connectivity index (χ0) is 16.5. The maximum absolute atomic E-state index is 11.7. The summed E-state index contributed by atoms with van der Waals surface area (Å²) in [5.74, 6) is -0.410. The first-order valence-electron chi connectivity index (χ1n) is 6.68. The van der Waals surface area contributed by atoms with E-state index in [-0.39, 0.29) is 17.6 Å². The number of thioether (sulfide) groups is 1. The Morgan fingerprint density at radius 3 is 2.55 bits per heavy atom. The number of hydrogen-bond donors (Lipinski definition) is 3. The van der Waals surface area contributed by atoms with Crippen LogP contribution < -0.4 is 5.32 Å². The Hall–Kier alpha value is -1.65. The van der Waals surface area contributed by atoms with E-state index in [4.69, 9.17) is 10.4 Å². The molecule has 0 bridgehead atoms. The van der Waals surface area contributed by atoms with Gasteiger partial charge in [0.05, 0.1) is 11.6 Å². The largest absolute Gasteiger partial charge is 0.480 e. The number of amides is 1. The van der Waals surface area contributed by atoms with Crippen molar-refractivity contribution >= 4 is 36.3 Å². The highest BCUT2D eigenvalue weighted by atomic mass is 32.2. The molecule has 0 aromatic heterocycles. The summed E-state index contributed by atoms with van der Waals surface area (Å²) in [5.41, 5.74) is 1.59. The van der Waals surface area contributed by atoms with Crippen molar-refractivity contribution in [3.05, 3.63) is 35.4 Å². The Balaban J connectivity index is 2.49. The number of thiol groups is 1. The number of nitrogens with one attached hydrogen (secondary N) is 1. The van der Waals surface area contributed by atoms with Crippen LogP contribution in [0.25, 0.3) is 0 Å². The molecule has 0 aliphatic heterocycles. The highest BCUT2D eigenvalue weighted by molar-refractivity contribution is 7.98. The van der Waals surface area contributed by atoms with Gasteiger partial charge in [0.15, 0.2) is 0 Å². The van der Waals surface area contributed by atoms with Crippen LogP contribution in [0.3, 0.4) is 0 Å². The molecule has 0 spiro atoms. The molecule has 0 unspecified atom stereocenters. The topological polar surface area (TPSA) is 90.2 Å². The molecule has 2 atom stereocenters. The Bertz CT molecular complexity index is 555. The first-order valence-corrected chi connectivity index (χ1v) is 8.47. The van der Waals surface area contributed by atoms with E-state index in [1.54, 1.807) is 19.1 Å². The molecule has 1 aromatic carbocycles. The maximum Gasteiger partial charge on any atom is 0.327 e. The number of carbonyl (C=O) groups is 2. The quantitative estimate of drug-likeness (QED) is 0.630. The minimum atomic E-state index is -1.05. The minimum absolute atomic E-state index is 0.278. The van der Waals surface area contributed by atoms with Crippen LogP contribution in [0.1, 0.15) is 18.1 Å². The van der Waals surface area contributed by atoms with Crippen LogP contribution in [-0.2, 0) is 15.3 Å². The summed E-state index contributed by atoms with van der Waals surface area (Å²) in [4.78, 5) is 22.9. The first kappa shape index (κ1) is 18.4. The fraction of sp³-hybridized carbons (Fsp3) is 0.400. The van der Waals surface area contributed by atoms with Crippen molar-refractivity contribution in [1.82, 2.24) is 5.32 Å². The second kappa shape index (κ2) is 9.38. The molecule has 0 saturated heterocycles. The lowest BCUT2D eigenvalue weighted by Gasteiger charge is -2.16. The number of nitrogens with zero attached hydrogens (tertiary/aromatic N) is 1. The van der Waals surface area contributed by atoms with Gasteiger partial charge >= 0.3 is 5.97 Å². The van der Waals surface area contributed by atoms with E-state index >= 15 is 0 Å². The highest BCUT2D eigenvalue weighted by Crippen LogP contribution is 2.14. The summed E-state index contributed by atoms with van der Waals surface area (Å²) >= 11 is 5.45. The van der Waals surface area contributed by atoms with Gasteiger partial charge in [0, 0.05) is 23.2 Å². The smallest absolute Gasteiger partial charge is 0.327 e. The highest BCUT2D eigenvalue weighted by Gasteiger charge is 2.22. The van der Waals surface area contributed by atoms with E-state index in [1.165, 1.54) is 11.8 Å². The van der Waals surface area contributed by atoms with Crippen molar-refractivity contribution in [3.63, 3.8) is 0 Å². The zero-order valence-electron chi connectivity index (χ0n) is 12.2. The molecule has 22 heavy (non-hydrogen) atoms. The standard InChI is InChI=1S/C15H18N2O3S2/c1-10(7-21)14(18)17-13(15(19)20)9-22-8-12-4-2-11(6-16)3-5-12/h2-5,10,13,21H,7-9H2,1H3,(H,17,18)(H,19,20)/t10-,13+/m1/s1. The normalized spacial score (nSPS) is 13.0. The van der Waals surface area contributed by atoms with Gasteiger partial charge in [-0.2, -0.15) is 29.7 Å². The third-order valence-electron chi connectivity index (χ3n) is 2.97. The van der Waals surface area contributed by atoms with E-state index in [0.29, 0.717) is 17.1 Å². The Kier molecular flexibility index (Phi) is 7.85. The Morgan fingerprint density at radius 2 is 2.05 bits per heavy atom. The molecule has 0 radical (unpaired) electrons. The fourth-order valence-electron chi connectivity index (χ4n) is 1.54. The van der Waals surface area contributed by atoms with E-state index in [0.717, 1.165) is 5.56 Å². The molecule has 1 amide bonds. The number of benzene rings is 1. The molecule has 7 heteroatoms. The Labute approximate surface area is 139 Å². The predicted molar refractivity (Wildman–Crippen MR) is 89.9 cm³/mol. The number of aliphatic carboxylic acids is 1. The van der Waals surface area contributed by atoms with E-state index in [2.05, 4.69) is 17.9 Å². The molecule has 0 aliphatic rings. The van der Waals surface area contributed by atoms with E-state index in [9.17, 15) is 9.59 Å². The third kappa shape index (κ3) is 6.00. The van der Waals surface area contributed by atoms with E-state index in [1.807, 2.05) is 18.2 Å². The van der Waals surface area contributed by atoms with Crippen LogP contribution >= 0.6 is 24.4 Å². The van der Waals surface area contributed by atoms with Gasteiger partial charge in [-0.25, -0.2) is 4.79 Å². The first-order chi connectivity index (χ1) is 10.5. The fourth-order valence-corrected chi connectivity index (χ4v) is 2.72. The van der Waals surface area contributed by atoms with Crippen LogP contribution in [0.15, 0.2) is 24.3 Å². The van der Waals surface area contributed by atoms with Crippen molar-refractivity contribution in [2.24, 2.45) is 5.92 Å². The lowest BCUT2D eigenvalue weighted by molar-refractivity contribution is -0.141. The Morgan fingerprint density at radius 1 is 1.41 bits per heavy atom. The van der Waals surface area contributed by atoms with Gasteiger partial charge in [-0.15, -0.1) is 0 Å². The molecule has 0 aliphatic carbocycles. The molecule has 0 heterocycles. The molecule has 118 valence electrons. The van der Waals surface area contributed by atoms with Gasteiger partial charge in [0.25, 0.3) is 0 Å². The number of nitriles is 1. The molecule has 2 N–H and O–H groups in total. The number of carboxylic acid groups (broad SMARTS) is 1. The molecule has 1 aromatic rings. The predicted octanol–water partition coefficient (Wildman–Crippen LogP) is 1.93. The SMILES string of the molecule is C[C@H](CS)C(=O)N[C@@H](CSCc1ccc(C#N)cc1)C(=O)O. The van der Waals surface area contributed by atoms with Crippen molar-refractivity contribution in [2.75, 3.05) is 11.5 Å². The van der Waals surface area contributed by atoms with E-state index < -0.39 is 12.0 Å². The zero-order valence-corrected chi connectivity index (χ0v) is 13.9. The van der Waals surface area contributed by atoms with Crippen LogP contribution in [0.2, 0.25) is 0 Å². The number of carbonyl (C=O) groups excluding carboxylic acids is 1. The minimum Gasteiger partial charge on any atom is -0.480 e. The summed E-state index contributed by atoms with van der Waals surface area (Å²) in [5, 5.41) is 20.4. The molecule has 0 fully saturated rings. The van der Waals surface area contributed by atoms with Crippen molar-refractivity contribution in [2.45, 2.75) is 18.7 Å². The van der Waals surface area contributed by atoms with Crippen molar-refractivity contribution < 1.29 is 14.7 Å². The lowest BCUT2D eigenvalue weighted by Crippen LogP contribution is -2.45. The second-order valence-electron chi connectivity index (χ2n) is 4.81. The molecular formula is C15H18N2O3S2. The van der Waals surface area contributed by atoms with Gasteiger partial charge in [-0.1, -0.05) is 19.1 Å². The summed E-state index contributed by atoms with van der Waals surface area (Å²) in [6.45, 7) is 1.70. The van der Waals surface area contributed by atoms with Crippen molar-refractivity contribution in [1.29, 1.82) is 5.26 Å². The van der Waals surface area contributed by atoms with Crippen LogP contribution in [0.4, 0.5) is 0 Å². The third-order valence-corrected chi connectivity index (χ3v) is 4.63. The van der Waals surface area contributed by atoms with Gasteiger partial charge in [-0.3, -0.25) is 4.79 Å².